The zero-order valence-corrected chi connectivity index (χ0v) is 10.9. The molecule has 1 aliphatic carbocycles. The fourth-order valence-electron chi connectivity index (χ4n) is 2.59. The standard InChI is InChI=1S/C16H15FN2O/c17-13-7-3-4-8-15(13)19-16(20)18-14-10-9-11-5-1-2-6-12(11)14/h1-8,14H,9-10H2,(H2,18,19,20). The predicted octanol–water partition coefficient (Wildman–Crippen LogP) is 3.63. The first-order chi connectivity index (χ1) is 9.74. The van der Waals surface area contributed by atoms with Crippen molar-refractivity contribution < 1.29 is 9.18 Å². The fraction of sp³-hybridized carbons (Fsp3) is 0.188. The van der Waals surface area contributed by atoms with Gasteiger partial charge in [0.2, 0.25) is 0 Å². The number of nitrogens with one attached hydrogen (secondary N) is 2. The van der Waals surface area contributed by atoms with Crippen LogP contribution in [0, 0.1) is 5.82 Å². The number of hydrogen-bond donors (Lipinski definition) is 2. The van der Waals surface area contributed by atoms with Gasteiger partial charge < -0.3 is 10.6 Å². The van der Waals surface area contributed by atoms with E-state index in [0.29, 0.717) is 0 Å². The second-order valence-corrected chi connectivity index (χ2v) is 4.87. The van der Waals surface area contributed by atoms with E-state index in [1.165, 1.54) is 17.7 Å². The highest BCUT2D eigenvalue weighted by Crippen LogP contribution is 2.30. The van der Waals surface area contributed by atoms with Crippen LogP contribution in [0.4, 0.5) is 14.9 Å². The summed E-state index contributed by atoms with van der Waals surface area (Å²) in [5.41, 5.74) is 2.61. The van der Waals surface area contributed by atoms with Gasteiger partial charge in [0.25, 0.3) is 0 Å². The van der Waals surface area contributed by atoms with Gasteiger partial charge in [0, 0.05) is 0 Å². The lowest BCUT2D eigenvalue weighted by Gasteiger charge is -2.15. The van der Waals surface area contributed by atoms with Crippen LogP contribution in [-0.4, -0.2) is 6.03 Å². The van der Waals surface area contributed by atoms with Crippen molar-refractivity contribution in [3.63, 3.8) is 0 Å². The third kappa shape index (κ3) is 2.50. The van der Waals surface area contributed by atoms with Crippen LogP contribution in [0.15, 0.2) is 48.5 Å². The number of fused-ring (bicyclic) bond motifs is 1. The molecule has 0 aliphatic heterocycles. The van der Waals surface area contributed by atoms with Crippen LogP contribution < -0.4 is 10.6 Å². The Balaban J connectivity index is 1.68. The highest BCUT2D eigenvalue weighted by molar-refractivity contribution is 5.89. The molecule has 2 aromatic carbocycles. The fourth-order valence-corrected chi connectivity index (χ4v) is 2.59. The summed E-state index contributed by atoms with van der Waals surface area (Å²) in [6, 6.07) is 13.8. The molecule has 0 radical (unpaired) electrons. The lowest BCUT2D eigenvalue weighted by molar-refractivity contribution is 0.248. The molecule has 0 spiro atoms. The van der Waals surface area contributed by atoms with Crippen LogP contribution in [-0.2, 0) is 6.42 Å². The Morgan fingerprint density at radius 1 is 1.10 bits per heavy atom. The van der Waals surface area contributed by atoms with Crippen molar-refractivity contribution >= 4 is 11.7 Å². The highest BCUT2D eigenvalue weighted by atomic mass is 19.1. The normalized spacial score (nSPS) is 16.6. The SMILES string of the molecule is O=C(Nc1ccccc1F)NC1CCc2ccccc21. The van der Waals surface area contributed by atoms with Gasteiger partial charge in [0.05, 0.1) is 11.7 Å². The van der Waals surface area contributed by atoms with E-state index in [2.05, 4.69) is 16.7 Å². The smallest absolute Gasteiger partial charge is 0.319 e. The van der Waals surface area contributed by atoms with Crippen LogP contribution in [0.5, 0.6) is 0 Å². The van der Waals surface area contributed by atoms with Crippen molar-refractivity contribution in [1.82, 2.24) is 5.32 Å². The maximum atomic E-state index is 13.5. The molecule has 0 fully saturated rings. The molecule has 1 atom stereocenters. The summed E-state index contributed by atoms with van der Waals surface area (Å²) in [5, 5.41) is 5.44. The number of carbonyl (C=O) groups excluding carboxylic acids is 1. The number of para-hydroxylation sites is 1. The average molecular weight is 270 g/mol. The molecule has 0 saturated carbocycles. The molecule has 0 bridgehead atoms. The molecule has 0 heterocycles. The van der Waals surface area contributed by atoms with Gasteiger partial charge in [0.15, 0.2) is 0 Å². The third-order valence-electron chi connectivity index (χ3n) is 3.56. The zero-order chi connectivity index (χ0) is 13.9. The predicted molar refractivity (Wildman–Crippen MR) is 76.1 cm³/mol. The summed E-state index contributed by atoms with van der Waals surface area (Å²) in [6.45, 7) is 0. The number of hydrogen-bond acceptors (Lipinski definition) is 1. The second kappa shape index (κ2) is 5.33. The Kier molecular flexibility index (Phi) is 3.37. The number of rotatable bonds is 2. The molecule has 0 saturated heterocycles. The van der Waals surface area contributed by atoms with Gasteiger partial charge in [-0.05, 0) is 36.1 Å². The maximum Gasteiger partial charge on any atom is 0.319 e. The largest absolute Gasteiger partial charge is 0.331 e. The summed E-state index contributed by atoms with van der Waals surface area (Å²) in [5.74, 6) is -0.436. The van der Waals surface area contributed by atoms with E-state index in [1.807, 2.05) is 18.2 Å². The molecule has 1 aliphatic rings. The number of anilines is 1. The van der Waals surface area contributed by atoms with Gasteiger partial charge in [-0.15, -0.1) is 0 Å². The summed E-state index contributed by atoms with van der Waals surface area (Å²) in [4.78, 5) is 11.9. The number of amides is 2. The third-order valence-corrected chi connectivity index (χ3v) is 3.56. The van der Waals surface area contributed by atoms with Crippen molar-refractivity contribution in [3.05, 3.63) is 65.5 Å². The molecule has 3 rings (SSSR count). The van der Waals surface area contributed by atoms with Crippen LogP contribution in [0.25, 0.3) is 0 Å². The molecule has 20 heavy (non-hydrogen) atoms. The van der Waals surface area contributed by atoms with Crippen LogP contribution >= 0.6 is 0 Å². The van der Waals surface area contributed by atoms with Gasteiger partial charge in [0.1, 0.15) is 5.82 Å². The minimum absolute atomic E-state index is 0.00188. The van der Waals surface area contributed by atoms with Crippen LogP contribution in [0.2, 0.25) is 0 Å². The first-order valence-corrected chi connectivity index (χ1v) is 6.64. The molecule has 4 heteroatoms. The van der Waals surface area contributed by atoms with E-state index in [1.54, 1.807) is 12.1 Å². The van der Waals surface area contributed by atoms with E-state index in [-0.39, 0.29) is 17.8 Å². The van der Waals surface area contributed by atoms with Crippen molar-refractivity contribution in [3.8, 4) is 0 Å². The van der Waals surface area contributed by atoms with Gasteiger partial charge in [-0.1, -0.05) is 36.4 Å². The van der Waals surface area contributed by atoms with Crippen molar-refractivity contribution in [2.24, 2.45) is 0 Å². The van der Waals surface area contributed by atoms with Crippen LogP contribution in [0.1, 0.15) is 23.6 Å². The van der Waals surface area contributed by atoms with Gasteiger partial charge in [-0.2, -0.15) is 0 Å². The van der Waals surface area contributed by atoms with Crippen molar-refractivity contribution in [1.29, 1.82) is 0 Å². The molecule has 1 unspecified atom stereocenters. The molecule has 0 aromatic heterocycles. The Morgan fingerprint density at radius 2 is 1.85 bits per heavy atom. The van der Waals surface area contributed by atoms with E-state index in [0.717, 1.165) is 18.4 Å². The van der Waals surface area contributed by atoms with Crippen molar-refractivity contribution in [2.75, 3.05) is 5.32 Å². The van der Waals surface area contributed by atoms with E-state index in [4.69, 9.17) is 0 Å². The van der Waals surface area contributed by atoms with Gasteiger partial charge in [-0.25, -0.2) is 9.18 Å². The Labute approximate surface area is 116 Å². The Hall–Kier alpha value is -2.36. The van der Waals surface area contributed by atoms with E-state index >= 15 is 0 Å². The average Bonchev–Trinajstić information content (AvgIpc) is 2.85. The molecule has 102 valence electrons. The molecular weight excluding hydrogens is 255 g/mol. The minimum Gasteiger partial charge on any atom is -0.331 e. The molecule has 2 aromatic rings. The van der Waals surface area contributed by atoms with Crippen molar-refractivity contribution in [2.45, 2.75) is 18.9 Å². The second-order valence-electron chi connectivity index (χ2n) is 4.87. The van der Waals surface area contributed by atoms with Gasteiger partial charge >= 0.3 is 6.03 Å². The monoisotopic (exact) mass is 270 g/mol. The lowest BCUT2D eigenvalue weighted by Crippen LogP contribution is -2.31. The molecule has 2 N–H and O–H groups in total. The summed E-state index contributed by atoms with van der Waals surface area (Å²) in [7, 11) is 0. The maximum absolute atomic E-state index is 13.5. The van der Waals surface area contributed by atoms with Gasteiger partial charge in [-0.3, -0.25) is 0 Å². The summed E-state index contributed by atoms with van der Waals surface area (Å²) >= 11 is 0. The Morgan fingerprint density at radius 3 is 2.70 bits per heavy atom. The number of carbonyl (C=O) groups is 1. The van der Waals surface area contributed by atoms with E-state index < -0.39 is 5.82 Å². The van der Waals surface area contributed by atoms with E-state index in [9.17, 15) is 9.18 Å². The topological polar surface area (TPSA) is 41.1 Å². The lowest BCUT2D eigenvalue weighted by atomic mass is 10.1. The van der Waals surface area contributed by atoms with Crippen LogP contribution in [0.3, 0.4) is 0 Å². The number of aryl methyl sites for hydroxylation is 1. The zero-order valence-electron chi connectivity index (χ0n) is 10.9. The summed E-state index contributed by atoms with van der Waals surface area (Å²) in [6.07, 6.45) is 1.84. The first kappa shape index (κ1) is 12.7. The molecular formula is C16H15FN2O. The quantitative estimate of drug-likeness (QED) is 0.859. The highest BCUT2D eigenvalue weighted by Gasteiger charge is 2.23. The summed E-state index contributed by atoms with van der Waals surface area (Å²) < 4.78 is 13.5. The molecule has 3 nitrogen and oxygen atoms in total. The minimum atomic E-state index is -0.436. The number of halogens is 1. The number of urea groups is 1. The number of benzene rings is 2. The first-order valence-electron chi connectivity index (χ1n) is 6.64. The molecule has 2 amide bonds. The Bertz CT molecular complexity index is 642.